The summed E-state index contributed by atoms with van der Waals surface area (Å²) in [4.78, 5) is 12.7. The second-order valence-corrected chi connectivity index (χ2v) is 4.65. The highest BCUT2D eigenvalue weighted by molar-refractivity contribution is 5.85. The van der Waals surface area contributed by atoms with Crippen molar-refractivity contribution in [2.24, 2.45) is 0 Å². The smallest absolute Gasteiger partial charge is 0.356 e. The Hall–Kier alpha value is -1.91. The van der Waals surface area contributed by atoms with Gasteiger partial charge in [-0.05, 0) is 32.9 Å². The molecule has 0 unspecified atom stereocenters. The van der Waals surface area contributed by atoms with Crippen LogP contribution in [0.3, 0.4) is 0 Å². The summed E-state index contributed by atoms with van der Waals surface area (Å²) in [6.07, 6.45) is 1.78. The zero-order valence-electron chi connectivity index (χ0n) is 10.3. The number of hydrogen-bond donors (Lipinski definition) is 1. The Labute approximate surface area is 101 Å². The number of anilines is 1. The van der Waals surface area contributed by atoms with Gasteiger partial charge in [-0.1, -0.05) is 6.08 Å². The van der Waals surface area contributed by atoms with Crippen LogP contribution in [0.25, 0.3) is 0 Å². The van der Waals surface area contributed by atoms with Crippen LogP contribution in [-0.4, -0.2) is 33.4 Å². The summed E-state index contributed by atoms with van der Waals surface area (Å²) in [6.45, 7) is 10.5. The van der Waals surface area contributed by atoms with Gasteiger partial charge in [0.15, 0.2) is 11.5 Å². The lowest BCUT2D eigenvalue weighted by Crippen LogP contribution is -2.42. The van der Waals surface area contributed by atoms with Gasteiger partial charge in [0.2, 0.25) is 0 Å². The molecule has 92 valence electrons. The highest BCUT2D eigenvalue weighted by Gasteiger charge is 2.22. The summed E-state index contributed by atoms with van der Waals surface area (Å²) in [5.74, 6) is -0.433. The number of carbonyl (C=O) groups is 1. The summed E-state index contributed by atoms with van der Waals surface area (Å²) >= 11 is 0. The van der Waals surface area contributed by atoms with E-state index in [1.54, 1.807) is 12.1 Å². The summed E-state index contributed by atoms with van der Waals surface area (Å²) in [7, 11) is 0. The van der Waals surface area contributed by atoms with E-state index in [0.29, 0.717) is 12.4 Å². The lowest BCUT2D eigenvalue weighted by Gasteiger charge is -2.35. The first-order chi connectivity index (χ1) is 7.86. The largest absolute Gasteiger partial charge is 0.476 e. The first-order valence-corrected chi connectivity index (χ1v) is 5.32. The first-order valence-electron chi connectivity index (χ1n) is 5.32. The highest BCUT2D eigenvalue weighted by atomic mass is 16.4. The molecule has 0 fully saturated rings. The van der Waals surface area contributed by atoms with Crippen LogP contribution < -0.4 is 4.90 Å². The molecule has 0 radical (unpaired) electrons. The molecule has 0 aliphatic heterocycles. The molecule has 0 amide bonds. The van der Waals surface area contributed by atoms with Crippen molar-refractivity contribution in [2.45, 2.75) is 26.3 Å². The van der Waals surface area contributed by atoms with E-state index in [1.807, 2.05) is 25.7 Å². The van der Waals surface area contributed by atoms with Crippen molar-refractivity contribution in [1.29, 1.82) is 0 Å². The van der Waals surface area contributed by atoms with Gasteiger partial charge in [-0.2, -0.15) is 0 Å². The van der Waals surface area contributed by atoms with Gasteiger partial charge in [0.25, 0.3) is 0 Å². The van der Waals surface area contributed by atoms with Crippen molar-refractivity contribution in [3.05, 3.63) is 30.5 Å². The van der Waals surface area contributed by atoms with Crippen LogP contribution in [0.4, 0.5) is 5.82 Å². The maximum atomic E-state index is 10.7. The highest BCUT2D eigenvalue weighted by Crippen LogP contribution is 2.20. The van der Waals surface area contributed by atoms with Gasteiger partial charge in [-0.25, -0.2) is 4.79 Å². The number of carboxylic acids is 1. The molecular formula is C12H17N3O2. The van der Waals surface area contributed by atoms with Gasteiger partial charge in [-0.3, -0.25) is 0 Å². The Balaban J connectivity index is 3.03. The van der Waals surface area contributed by atoms with Crippen molar-refractivity contribution in [1.82, 2.24) is 10.2 Å². The van der Waals surface area contributed by atoms with Crippen molar-refractivity contribution in [2.75, 3.05) is 11.4 Å². The Kier molecular flexibility index (Phi) is 3.83. The predicted octanol–water partition coefficient (Wildman–Crippen LogP) is 1.97. The SMILES string of the molecule is C=CCN(c1ccc(C(=O)O)nn1)C(C)(C)C. The van der Waals surface area contributed by atoms with Crippen LogP contribution >= 0.6 is 0 Å². The molecule has 1 rings (SSSR count). The standard InChI is InChI=1S/C12H17N3O2/c1-5-8-15(12(2,3)4)10-7-6-9(11(16)17)13-14-10/h5-7H,1,8H2,2-4H3,(H,16,17). The summed E-state index contributed by atoms with van der Waals surface area (Å²) in [5.41, 5.74) is -0.186. The minimum Gasteiger partial charge on any atom is -0.476 e. The molecule has 1 aromatic heterocycles. The molecule has 0 saturated carbocycles. The van der Waals surface area contributed by atoms with E-state index in [-0.39, 0.29) is 11.2 Å². The molecule has 17 heavy (non-hydrogen) atoms. The fraction of sp³-hybridized carbons (Fsp3) is 0.417. The molecule has 0 saturated heterocycles. The lowest BCUT2D eigenvalue weighted by molar-refractivity contribution is 0.0689. The molecule has 1 N–H and O–H groups in total. The zero-order chi connectivity index (χ0) is 13.1. The van der Waals surface area contributed by atoms with E-state index < -0.39 is 5.97 Å². The van der Waals surface area contributed by atoms with Crippen molar-refractivity contribution in [3.8, 4) is 0 Å². The Morgan fingerprint density at radius 1 is 1.47 bits per heavy atom. The molecule has 0 aliphatic carbocycles. The van der Waals surface area contributed by atoms with E-state index in [0.717, 1.165) is 0 Å². The Bertz CT molecular complexity index is 407. The van der Waals surface area contributed by atoms with Crippen LogP contribution in [0.15, 0.2) is 24.8 Å². The number of nitrogens with zero attached hydrogens (tertiary/aromatic N) is 3. The predicted molar refractivity (Wildman–Crippen MR) is 66.3 cm³/mol. The summed E-state index contributed by atoms with van der Waals surface area (Å²) < 4.78 is 0. The van der Waals surface area contributed by atoms with Gasteiger partial charge in [0.05, 0.1) is 0 Å². The number of carboxylic acid groups (broad SMARTS) is 1. The van der Waals surface area contributed by atoms with E-state index >= 15 is 0 Å². The second kappa shape index (κ2) is 4.95. The molecule has 0 bridgehead atoms. The van der Waals surface area contributed by atoms with Gasteiger partial charge >= 0.3 is 5.97 Å². The van der Waals surface area contributed by atoms with Gasteiger partial charge < -0.3 is 10.0 Å². The average Bonchev–Trinajstić information content (AvgIpc) is 2.24. The third kappa shape index (κ3) is 3.27. The molecule has 1 heterocycles. The molecule has 5 heteroatoms. The Morgan fingerprint density at radius 3 is 2.47 bits per heavy atom. The quantitative estimate of drug-likeness (QED) is 0.808. The molecule has 1 aromatic rings. The maximum Gasteiger partial charge on any atom is 0.356 e. The fourth-order valence-electron chi connectivity index (χ4n) is 1.42. The topological polar surface area (TPSA) is 66.3 Å². The molecule has 0 atom stereocenters. The minimum atomic E-state index is -1.07. The van der Waals surface area contributed by atoms with E-state index in [4.69, 9.17) is 5.11 Å². The number of rotatable bonds is 4. The number of aromatic carboxylic acids is 1. The van der Waals surface area contributed by atoms with Crippen molar-refractivity contribution >= 4 is 11.8 Å². The molecule has 5 nitrogen and oxygen atoms in total. The van der Waals surface area contributed by atoms with E-state index in [9.17, 15) is 4.79 Å². The average molecular weight is 235 g/mol. The summed E-state index contributed by atoms with van der Waals surface area (Å²) in [6, 6.07) is 3.11. The zero-order valence-corrected chi connectivity index (χ0v) is 10.3. The molecular weight excluding hydrogens is 218 g/mol. The van der Waals surface area contributed by atoms with Crippen LogP contribution in [0.2, 0.25) is 0 Å². The van der Waals surface area contributed by atoms with Gasteiger partial charge in [-0.15, -0.1) is 16.8 Å². The third-order valence-corrected chi connectivity index (χ3v) is 2.27. The Morgan fingerprint density at radius 2 is 2.12 bits per heavy atom. The summed E-state index contributed by atoms with van der Waals surface area (Å²) in [5, 5.41) is 16.3. The molecule has 0 aliphatic rings. The minimum absolute atomic E-state index is 0.0544. The van der Waals surface area contributed by atoms with Crippen LogP contribution in [0.5, 0.6) is 0 Å². The molecule has 0 spiro atoms. The van der Waals surface area contributed by atoms with E-state index in [2.05, 4.69) is 16.8 Å². The fourth-order valence-corrected chi connectivity index (χ4v) is 1.42. The van der Waals surface area contributed by atoms with Gasteiger partial charge in [0.1, 0.15) is 0 Å². The first kappa shape index (κ1) is 13.2. The van der Waals surface area contributed by atoms with E-state index in [1.165, 1.54) is 6.07 Å². The normalized spacial score (nSPS) is 11.0. The maximum absolute atomic E-state index is 10.7. The van der Waals surface area contributed by atoms with Crippen molar-refractivity contribution in [3.63, 3.8) is 0 Å². The van der Waals surface area contributed by atoms with Crippen LogP contribution in [0, 0.1) is 0 Å². The number of aromatic nitrogens is 2. The second-order valence-electron chi connectivity index (χ2n) is 4.65. The lowest BCUT2D eigenvalue weighted by atomic mass is 10.1. The molecule has 0 aromatic carbocycles. The van der Waals surface area contributed by atoms with Crippen LogP contribution in [0.1, 0.15) is 31.3 Å². The third-order valence-electron chi connectivity index (χ3n) is 2.27. The van der Waals surface area contributed by atoms with Crippen LogP contribution in [-0.2, 0) is 0 Å². The number of hydrogen-bond acceptors (Lipinski definition) is 4. The monoisotopic (exact) mass is 235 g/mol. The van der Waals surface area contributed by atoms with Gasteiger partial charge in [0, 0.05) is 12.1 Å². The van der Waals surface area contributed by atoms with Crippen molar-refractivity contribution < 1.29 is 9.90 Å².